The van der Waals surface area contributed by atoms with Gasteiger partial charge in [0, 0.05) is 30.8 Å². The Hall–Kier alpha value is -2.42. The molecular weight excluding hydrogens is 404 g/mol. The third-order valence-electron chi connectivity index (χ3n) is 6.13. The summed E-state index contributed by atoms with van der Waals surface area (Å²) < 4.78 is 38.8. The van der Waals surface area contributed by atoms with Crippen molar-refractivity contribution in [1.82, 2.24) is 4.31 Å². The molecule has 30 heavy (non-hydrogen) atoms. The van der Waals surface area contributed by atoms with E-state index < -0.39 is 10.0 Å². The molecule has 0 bridgehead atoms. The minimum Gasteiger partial charge on any atom is -0.461 e. The highest BCUT2D eigenvalue weighted by Gasteiger charge is 2.31. The van der Waals surface area contributed by atoms with Crippen molar-refractivity contribution < 1.29 is 22.4 Å². The van der Waals surface area contributed by atoms with Crippen LogP contribution in [0.3, 0.4) is 0 Å². The van der Waals surface area contributed by atoms with Gasteiger partial charge in [-0.2, -0.15) is 4.31 Å². The highest BCUT2D eigenvalue weighted by atomic mass is 32.2. The van der Waals surface area contributed by atoms with Gasteiger partial charge in [-0.25, -0.2) is 8.42 Å². The average Bonchev–Trinajstić information content (AvgIpc) is 3.25. The fourth-order valence-electron chi connectivity index (χ4n) is 4.42. The normalized spacial score (nSPS) is 20.8. The predicted molar refractivity (Wildman–Crippen MR) is 113 cm³/mol. The number of rotatable bonds is 3. The first-order valence-corrected chi connectivity index (χ1v) is 11.8. The quantitative estimate of drug-likeness (QED) is 0.760. The molecule has 1 amide bonds. The van der Waals surface area contributed by atoms with Crippen LogP contribution in [0, 0.1) is 6.92 Å². The Bertz CT molecular complexity index is 1160. The molecule has 1 aromatic heterocycles. The average molecular weight is 429 g/mol. The largest absolute Gasteiger partial charge is 0.461 e. The third-order valence-corrected chi connectivity index (χ3v) is 8.02. The lowest BCUT2D eigenvalue weighted by Gasteiger charge is -2.26. The van der Waals surface area contributed by atoms with Crippen molar-refractivity contribution >= 4 is 33.3 Å². The summed E-state index contributed by atoms with van der Waals surface area (Å²) in [5.41, 5.74) is 3.94. The van der Waals surface area contributed by atoms with Gasteiger partial charge in [-0.3, -0.25) is 4.79 Å². The number of ether oxygens (including phenoxy) is 1. The first kappa shape index (κ1) is 19.5. The molecule has 1 aliphatic carbocycles. The number of carbonyl (C=O) groups excluding carboxylic acids is 1. The van der Waals surface area contributed by atoms with Gasteiger partial charge in [0.25, 0.3) is 5.91 Å². The van der Waals surface area contributed by atoms with Gasteiger partial charge < -0.3 is 14.5 Å². The SMILES string of the molecule is Cc1c(C=C2C(=O)Nc3ccc(S(=O)(=O)N4CCOCC4)cc32)oc2c1CCCC2. The molecule has 2 aromatic rings. The molecule has 0 unspecified atom stereocenters. The van der Waals surface area contributed by atoms with Crippen LogP contribution in [0.25, 0.3) is 11.6 Å². The van der Waals surface area contributed by atoms with Crippen molar-refractivity contribution in [3.63, 3.8) is 0 Å². The molecule has 0 atom stereocenters. The lowest BCUT2D eigenvalue weighted by Crippen LogP contribution is -2.40. The molecule has 0 radical (unpaired) electrons. The minimum absolute atomic E-state index is 0.181. The maximum absolute atomic E-state index is 13.0. The van der Waals surface area contributed by atoms with Crippen LogP contribution in [-0.2, 0) is 32.4 Å². The second kappa shape index (κ2) is 7.37. The van der Waals surface area contributed by atoms with Crippen LogP contribution < -0.4 is 5.32 Å². The predicted octanol–water partition coefficient (Wildman–Crippen LogP) is 2.98. The van der Waals surface area contributed by atoms with Crippen LogP contribution in [-0.4, -0.2) is 44.9 Å². The van der Waals surface area contributed by atoms with Crippen LogP contribution in [0.5, 0.6) is 0 Å². The summed E-state index contributed by atoms with van der Waals surface area (Å²) in [5.74, 6) is 1.44. The Morgan fingerprint density at radius 1 is 1.13 bits per heavy atom. The maximum atomic E-state index is 13.0. The summed E-state index contributed by atoms with van der Waals surface area (Å²) in [4.78, 5) is 12.8. The molecule has 1 saturated heterocycles. The molecule has 1 N–H and O–H groups in total. The van der Waals surface area contributed by atoms with Gasteiger partial charge in [-0.1, -0.05) is 0 Å². The molecule has 1 aromatic carbocycles. The van der Waals surface area contributed by atoms with Crippen LogP contribution in [0.1, 0.15) is 41.1 Å². The zero-order chi connectivity index (χ0) is 20.9. The van der Waals surface area contributed by atoms with Gasteiger partial charge in [0.2, 0.25) is 10.0 Å². The number of sulfonamides is 1. The molecule has 158 valence electrons. The summed E-state index contributed by atoms with van der Waals surface area (Å²) >= 11 is 0. The number of morpholine rings is 1. The molecule has 3 aliphatic rings. The summed E-state index contributed by atoms with van der Waals surface area (Å²) in [6, 6.07) is 4.78. The van der Waals surface area contributed by atoms with E-state index in [1.54, 1.807) is 24.3 Å². The van der Waals surface area contributed by atoms with E-state index in [1.807, 2.05) is 6.92 Å². The van der Waals surface area contributed by atoms with E-state index in [0.717, 1.165) is 37.0 Å². The van der Waals surface area contributed by atoms with Crippen molar-refractivity contribution in [2.75, 3.05) is 31.6 Å². The summed E-state index contributed by atoms with van der Waals surface area (Å²) in [7, 11) is -3.64. The Balaban J connectivity index is 1.55. The number of furan rings is 1. The van der Waals surface area contributed by atoms with Crippen LogP contribution >= 0.6 is 0 Å². The molecule has 8 heteroatoms. The number of nitrogens with one attached hydrogen (secondary N) is 1. The topological polar surface area (TPSA) is 88.9 Å². The van der Waals surface area contributed by atoms with Crippen molar-refractivity contribution in [1.29, 1.82) is 0 Å². The van der Waals surface area contributed by atoms with Gasteiger partial charge in [0.1, 0.15) is 11.5 Å². The summed E-state index contributed by atoms with van der Waals surface area (Å²) in [6.07, 6.45) is 5.93. The van der Waals surface area contributed by atoms with Gasteiger partial charge in [0.05, 0.1) is 23.7 Å². The summed E-state index contributed by atoms with van der Waals surface area (Å²) in [6.45, 7) is 3.45. The van der Waals surface area contributed by atoms with Crippen molar-refractivity contribution in [2.24, 2.45) is 0 Å². The minimum atomic E-state index is -3.64. The number of nitrogens with zero attached hydrogens (tertiary/aromatic N) is 1. The number of benzene rings is 1. The van der Waals surface area contributed by atoms with E-state index in [2.05, 4.69) is 5.32 Å². The first-order valence-electron chi connectivity index (χ1n) is 10.3. The monoisotopic (exact) mass is 428 g/mol. The Morgan fingerprint density at radius 3 is 2.67 bits per heavy atom. The Morgan fingerprint density at radius 2 is 1.90 bits per heavy atom. The number of anilines is 1. The van der Waals surface area contributed by atoms with Crippen molar-refractivity contribution in [3.05, 3.63) is 46.4 Å². The van der Waals surface area contributed by atoms with Gasteiger partial charge >= 0.3 is 0 Å². The number of amides is 1. The fraction of sp³-hybridized carbons (Fsp3) is 0.409. The number of carbonyl (C=O) groups is 1. The molecule has 7 nitrogen and oxygen atoms in total. The van der Waals surface area contributed by atoms with E-state index in [0.29, 0.717) is 48.9 Å². The number of hydrogen-bond acceptors (Lipinski definition) is 5. The number of fused-ring (bicyclic) bond motifs is 2. The lowest BCUT2D eigenvalue weighted by atomic mass is 9.95. The van der Waals surface area contributed by atoms with Crippen molar-refractivity contribution in [2.45, 2.75) is 37.5 Å². The van der Waals surface area contributed by atoms with Gasteiger partial charge in [-0.15, -0.1) is 0 Å². The highest BCUT2D eigenvalue weighted by molar-refractivity contribution is 7.89. The molecule has 0 spiro atoms. The third kappa shape index (κ3) is 3.19. The Labute approximate surface area is 175 Å². The van der Waals surface area contributed by atoms with E-state index in [-0.39, 0.29) is 10.8 Å². The highest BCUT2D eigenvalue weighted by Crippen LogP contribution is 2.37. The van der Waals surface area contributed by atoms with Crippen LogP contribution in [0.2, 0.25) is 0 Å². The summed E-state index contributed by atoms with van der Waals surface area (Å²) in [5, 5.41) is 2.83. The van der Waals surface area contributed by atoms with E-state index in [1.165, 1.54) is 9.87 Å². The molecule has 2 aliphatic heterocycles. The second-order valence-corrected chi connectivity index (χ2v) is 9.87. The second-order valence-electron chi connectivity index (χ2n) is 7.94. The first-order chi connectivity index (χ1) is 14.4. The fourth-order valence-corrected chi connectivity index (χ4v) is 5.86. The maximum Gasteiger partial charge on any atom is 0.256 e. The van der Waals surface area contributed by atoms with Gasteiger partial charge in [0.15, 0.2) is 0 Å². The Kier molecular flexibility index (Phi) is 4.80. The zero-order valence-electron chi connectivity index (χ0n) is 16.9. The molecule has 1 fully saturated rings. The van der Waals surface area contributed by atoms with Crippen LogP contribution in [0.15, 0.2) is 27.5 Å². The van der Waals surface area contributed by atoms with E-state index >= 15 is 0 Å². The lowest BCUT2D eigenvalue weighted by molar-refractivity contribution is -0.110. The van der Waals surface area contributed by atoms with E-state index in [4.69, 9.17) is 9.15 Å². The zero-order valence-corrected chi connectivity index (χ0v) is 17.7. The molecule has 0 saturated carbocycles. The van der Waals surface area contributed by atoms with Crippen LogP contribution in [0.4, 0.5) is 5.69 Å². The number of hydrogen-bond donors (Lipinski definition) is 1. The van der Waals surface area contributed by atoms with Crippen molar-refractivity contribution in [3.8, 4) is 0 Å². The number of aryl methyl sites for hydroxylation is 1. The molecule has 3 heterocycles. The standard InChI is InChI=1S/C22H24N2O5S/c1-14-16-4-2-3-5-20(16)29-21(14)13-18-17-12-15(6-7-19(17)23-22(18)25)30(26,27)24-8-10-28-11-9-24/h6-7,12-13H,2-5,8-11H2,1H3,(H,23,25). The molecule has 5 rings (SSSR count). The van der Waals surface area contributed by atoms with Gasteiger partial charge in [-0.05, 0) is 61.6 Å². The smallest absolute Gasteiger partial charge is 0.256 e. The molecular formula is C22H24N2O5S. The van der Waals surface area contributed by atoms with E-state index in [9.17, 15) is 13.2 Å².